The van der Waals surface area contributed by atoms with Crippen LogP contribution in [0.2, 0.25) is 0 Å². The molecule has 0 aliphatic heterocycles. The van der Waals surface area contributed by atoms with Gasteiger partial charge in [-0.1, -0.05) is 0 Å². The van der Waals surface area contributed by atoms with Crippen LogP contribution in [-0.4, -0.2) is 19.8 Å². The average Bonchev–Trinajstić information content (AvgIpc) is 2.98. The molecule has 0 aliphatic carbocycles. The lowest BCUT2D eigenvalue weighted by atomic mass is 10.3. The van der Waals surface area contributed by atoms with E-state index in [-0.39, 0.29) is 15.4 Å². The minimum Gasteiger partial charge on any atom is -0.452 e. The normalized spacial score (nSPS) is 12.2. The molecule has 0 unspecified atom stereocenters. The van der Waals surface area contributed by atoms with Crippen molar-refractivity contribution in [1.82, 2.24) is 4.31 Å². The molecule has 0 saturated carbocycles. The maximum Gasteiger partial charge on any atom is 0.247 e. The van der Waals surface area contributed by atoms with Gasteiger partial charge in [0.1, 0.15) is 10.7 Å². The quantitative estimate of drug-likeness (QED) is 0.739. The summed E-state index contributed by atoms with van der Waals surface area (Å²) in [6.45, 7) is 0.319. The van der Waals surface area contributed by atoms with Crippen LogP contribution in [0.1, 0.15) is 11.3 Å². The number of furan rings is 1. The molecule has 104 valence electrons. The molecule has 0 aliphatic rings. The molecule has 0 atom stereocenters. The number of rotatable bonds is 5. The van der Waals surface area contributed by atoms with Gasteiger partial charge in [0.05, 0.1) is 5.88 Å². The van der Waals surface area contributed by atoms with Gasteiger partial charge in [-0.05, 0) is 38.3 Å². The summed E-state index contributed by atoms with van der Waals surface area (Å²) in [6.07, 6.45) is 0. The first kappa shape index (κ1) is 15.1. The third-order valence-corrected chi connectivity index (χ3v) is 6.17. The standard InChI is InChI=1S/C11H11BrClNO3S2/c1-14(6-8-2-3-18-7-8)19(15,16)10-4-9(5-13)17-11(10)12/h2-4,7H,5-6H2,1H3. The second kappa shape index (κ2) is 5.97. The zero-order chi connectivity index (χ0) is 14.0. The van der Waals surface area contributed by atoms with Crippen LogP contribution >= 0.6 is 38.9 Å². The molecule has 2 rings (SSSR count). The molecule has 2 heterocycles. The van der Waals surface area contributed by atoms with Crippen molar-refractivity contribution in [3.8, 4) is 0 Å². The maximum absolute atomic E-state index is 12.4. The van der Waals surface area contributed by atoms with Crippen LogP contribution in [-0.2, 0) is 22.4 Å². The van der Waals surface area contributed by atoms with Crippen molar-refractivity contribution in [2.24, 2.45) is 0 Å². The Labute approximate surface area is 129 Å². The Bertz CT molecular complexity index is 652. The number of hydrogen-bond acceptors (Lipinski definition) is 4. The first-order chi connectivity index (χ1) is 8.95. The fourth-order valence-corrected chi connectivity index (χ4v) is 4.44. The highest BCUT2D eigenvalue weighted by atomic mass is 79.9. The van der Waals surface area contributed by atoms with Crippen molar-refractivity contribution in [1.29, 1.82) is 0 Å². The van der Waals surface area contributed by atoms with Gasteiger partial charge in [0.2, 0.25) is 10.0 Å². The van der Waals surface area contributed by atoms with Gasteiger partial charge in [-0.25, -0.2) is 8.42 Å². The van der Waals surface area contributed by atoms with Gasteiger partial charge in [0.15, 0.2) is 4.67 Å². The molecular formula is C11H11BrClNO3S2. The maximum atomic E-state index is 12.4. The summed E-state index contributed by atoms with van der Waals surface area (Å²) in [4.78, 5) is 0.0980. The Hall–Kier alpha value is -0.340. The predicted molar refractivity (Wildman–Crippen MR) is 78.9 cm³/mol. The topological polar surface area (TPSA) is 50.5 Å². The Kier molecular flexibility index (Phi) is 4.73. The molecule has 0 N–H and O–H groups in total. The lowest BCUT2D eigenvalue weighted by molar-refractivity contribution is 0.460. The van der Waals surface area contributed by atoms with Crippen LogP contribution in [0.5, 0.6) is 0 Å². The molecule has 0 saturated heterocycles. The Morgan fingerprint density at radius 1 is 1.53 bits per heavy atom. The summed E-state index contributed by atoms with van der Waals surface area (Å²) in [5.41, 5.74) is 0.952. The molecule has 0 amide bonds. The second-order valence-electron chi connectivity index (χ2n) is 3.88. The predicted octanol–water partition coefficient (Wildman–Crippen LogP) is 3.66. The monoisotopic (exact) mass is 383 g/mol. The Morgan fingerprint density at radius 2 is 2.26 bits per heavy atom. The van der Waals surface area contributed by atoms with Crippen molar-refractivity contribution in [2.75, 3.05) is 7.05 Å². The molecule has 19 heavy (non-hydrogen) atoms. The third-order valence-electron chi connectivity index (χ3n) is 2.51. The zero-order valence-corrected chi connectivity index (χ0v) is 13.9. The summed E-state index contributed by atoms with van der Waals surface area (Å²) in [5, 5.41) is 3.83. The van der Waals surface area contributed by atoms with Crippen LogP contribution in [0.25, 0.3) is 0 Å². The zero-order valence-electron chi connectivity index (χ0n) is 9.97. The lowest BCUT2D eigenvalue weighted by Gasteiger charge is -2.15. The van der Waals surface area contributed by atoms with Gasteiger partial charge in [-0.3, -0.25) is 0 Å². The highest BCUT2D eigenvalue weighted by Gasteiger charge is 2.27. The Balaban J connectivity index is 2.28. The summed E-state index contributed by atoms with van der Waals surface area (Å²) < 4.78 is 31.5. The second-order valence-corrected chi connectivity index (χ2v) is 7.66. The van der Waals surface area contributed by atoms with Crippen molar-refractivity contribution in [3.63, 3.8) is 0 Å². The highest BCUT2D eigenvalue weighted by Crippen LogP contribution is 2.29. The molecule has 0 aromatic carbocycles. The van der Waals surface area contributed by atoms with Gasteiger partial charge in [0.25, 0.3) is 0 Å². The van der Waals surface area contributed by atoms with Crippen LogP contribution in [0.4, 0.5) is 0 Å². The van der Waals surface area contributed by atoms with Crippen LogP contribution < -0.4 is 0 Å². The third kappa shape index (κ3) is 3.22. The smallest absolute Gasteiger partial charge is 0.247 e. The molecule has 0 fully saturated rings. The van der Waals surface area contributed by atoms with Crippen LogP contribution in [0.15, 0.2) is 36.9 Å². The minimum atomic E-state index is -3.60. The van der Waals surface area contributed by atoms with E-state index >= 15 is 0 Å². The summed E-state index contributed by atoms with van der Waals surface area (Å²) in [5.74, 6) is 0.540. The number of hydrogen-bond donors (Lipinski definition) is 0. The molecule has 0 radical (unpaired) electrons. The van der Waals surface area contributed by atoms with Crippen LogP contribution in [0.3, 0.4) is 0 Å². The summed E-state index contributed by atoms with van der Waals surface area (Å²) in [7, 11) is -2.06. The van der Waals surface area contributed by atoms with E-state index in [1.165, 1.54) is 28.8 Å². The van der Waals surface area contributed by atoms with E-state index in [4.69, 9.17) is 16.0 Å². The van der Waals surface area contributed by atoms with Crippen molar-refractivity contribution in [3.05, 3.63) is 38.9 Å². The molecule has 4 nitrogen and oxygen atoms in total. The molecular weight excluding hydrogens is 374 g/mol. The van der Waals surface area contributed by atoms with E-state index < -0.39 is 10.0 Å². The summed E-state index contributed by atoms with van der Waals surface area (Å²) >= 11 is 10.3. The summed E-state index contributed by atoms with van der Waals surface area (Å²) in [6, 6.07) is 3.34. The SMILES string of the molecule is CN(Cc1ccsc1)S(=O)(=O)c1cc(CCl)oc1Br. The molecule has 8 heteroatoms. The lowest BCUT2D eigenvalue weighted by Crippen LogP contribution is -2.26. The first-order valence-corrected chi connectivity index (χ1v) is 8.97. The number of sulfonamides is 1. The fraction of sp³-hybridized carbons (Fsp3) is 0.273. The van der Waals surface area contributed by atoms with Gasteiger partial charge in [0, 0.05) is 19.7 Å². The van der Waals surface area contributed by atoms with Crippen LogP contribution in [0, 0.1) is 0 Å². The molecule has 0 bridgehead atoms. The van der Waals surface area contributed by atoms with E-state index in [0.29, 0.717) is 12.3 Å². The van der Waals surface area contributed by atoms with E-state index in [0.717, 1.165) is 5.56 Å². The average molecular weight is 385 g/mol. The van der Waals surface area contributed by atoms with Gasteiger partial charge < -0.3 is 4.42 Å². The molecule has 2 aromatic heterocycles. The van der Waals surface area contributed by atoms with Gasteiger partial charge in [-0.15, -0.1) is 11.6 Å². The highest BCUT2D eigenvalue weighted by molar-refractivity contribution is 9.10. The number of thiophene rings is 1. The number of alkyl halides is 1. The number of halogens is 2. The molecule has 0 spiro atoms. The first-order valence-electron chi connectivity index (χ1n) is 5.26. The molecule has 2 aromatic rings. The van der Waals surface area contributed by atoms with E-state index in [2.05, 4.69) is 15.9 Å². The van der Waals surface area contributed by atoms with Crippen molar-refractivity contribution >= 4 is 48.9 Å². The largest absolute Gasteiger partial charge is 0.452 e. The van der Waals surface area contributed by atoms with Crippen molar-refractivity contribution in [2.45, 2.75) is 17.3 Å². The minimum absolute atomic E-state index is 0.0980. The number of nitrogens with zero attached hydrogens (tertiary/aromatic N) is 1. The van der Waals surface area contributed by atoms with E-state index in [9.17, 15) is 8.42 Å². The van der Waals surface area contributed by atoms with Crippen molar-refractivity contribution < 1.29 is 12.8 Å². The van der Waals surface area contributed by atoms with E-state index in [1.54, 1.807) is 0 Å². The van der Waals surface area contributed by atoms with Gasteiger partial charge in [-0.2, -0.15) is 15.6 Å². The van der Waals surface area contributed by atoms with E-state index in [1.807, 2.05) is 16.8 Å². The Morgan fingerprint density at radius 3 is 2.79 bits per heavy atom. The van der Waals surface area contributed by atoms with Gasteiger partial charge >= 0.3 is 0 Å². The fourth-order valence-electron chi connectivity index (χ4n) is 1.53.